The topological polar surface area (TPSA) is 140 Å². The van der Waals surface area contributed by atoms with Crippen molar-refractivity contribution in [3.05, 3.63) is 47.6 Å². The first-order valence-corrected chi connectivity index (χ1v) is 15.0. The fourth-order valence-electron chi connectivity index (χ4n) is 4.22. The van der Waals surface area contributed by atoms with E-state index in [0.717, 1.165) is 31.5 Å². The first kappa shape index (κ1) is 28.0. The van der Waals surface area contributed by atoms with Crippen LogP contribution in [0.4, 0.5) is 10.8 Å². The maximum Gasteiger partial charge on any atom is 0.270 e. The number of carbonyl (C=O) groups excluding carboxylic acids is 1. The van der Waals surface area contributed by atoms with Crippen molar-refractivity contribution in [3.63, 3.8) is 0 Å². The highest BCUT2D eigenvalue weighted by Gasteiger charge is 2.23. The third-order valence-electron chi connectivity index (χ3n) is 6.27. The lowest BCUT2D eigenvalue weighted by Gasteiger charge is -2.34. The van der Waals surface area contributed by atoms with Crippen LogP contribution in [0.1, 0.15) is 51.0 Å². The van der Waals surface area contributed by atoms with Gasteiger partial charge in [-0.25, -0.2) is 18.5 Å². The Morgan fingerprint density at radius 3 is 2.50 bits per heavy atom. The molecule has 0 saturated carbocycles. The Kier molecular flexibility index (Phi) is 8.66. The lowest BCUT2D eigenvalue weighted by atomic mass is 10.0. The maximum atomic E-state index is 12.7. The number of rotatable bonds is 9. The summed E-state index contributed by atoms with van der Waals surface area (Å²) in [5.41, 5.74) is 2.24. The van der Waals surface area contributed by atoms with Gasteiger partial charge in [-0.1, -0.05) is 0 Å². The van der Waals surface area contributed by atoms with Gasteiger partial charge in [0.05, 0.1) is 22.4 Å². The highest BCUT2D eigenvalue weighted by atomic mass is 32.2. The van der Waals surface area contributed by atoms with Gasteiger partial charge in [0, 0.05) is 42.3 Å². The van der Waals surface area contributed by atoms with Crippen molar-refractivity contribution in [2.45, 2.75) is 63.6 Å². The number of primary sulfonamides is 1. The summed E-state index contributed by atoms with van der Waals surface area (Å²) in [5.74, 6) is 0.309. The molecular weight excluding hydrogens is 524 g/mol. The average molecular weight is 559 g/mol. The largest absolute Gasteiger partial charge is 0.489 e. The van der Waals surface area contributed by atoms with Crippen LogP contribution in [0.5, 0.6) is 5.75 Å². The Morgan fingerprint density at radius 1 is 1.16 bits per heavy atom. The fraction of sp³-hybridized carbons (Fsp3) is 0.423. The number of nitrogens with zero attached hydrogens (tertiary/aromatic N) is 3. The van der Waals surface area contributed by atoms with Crippen LogP contribution in [0.3, 0.4) is 0 Å². The van der Waals surface area contributed by atoms with Gasteiger partial charge in [0.15, 0.2) is 5.13 Å². The summed E-state index contributed by atoms with van der Waals surface area (Å²) in [6.45, 7) is 10.1. The number of amides is 1. The standard InChI is InChI=1S/C26H34N6O4S2/c1-16(2)32-11-9-19(10-12-32)29-25(33)21-7-5-18(14-28-21)23-15-37-26(31-23)30-22-13-20(38(27,34)35)6-8-24(22)36-17(3)4/h5-8,13-17,19H,9-12H2,1-4H3,(H,29,33)(H,30,31)(H2,27,34,35). The smallest absolute Gasteiger partial charge is 0.270 e. The lowest BCUT2D eigenvalue weighted by molar-refractivity contribution is 0.0895. The number of aromatic nitrogens is 2. The third kappa shape index (κ3) is 7.07. The number of ether oxygens (including phenoxy) is 1. The number of piperidine rings is 1. The Morgan fingerprint density at radius 2 is 1.89 bits per heavy atom. The van der Waals surface area contributed by atoms with Gasteiger partial charge in [-0.2, -0.15) is 0 Å². The highest BCUT2D eigenvalue weighted by Crippen LogP contribution is 2.33. The molecular formula is C26H34N6O4S2. The number of benzene rings is 1. The number of sulfonamides is 1. The molecule has 1 fully saturated rings. The van der Waals surface area contributed by atoms with Crippen molar-refractivity contribution in [2.75, 3.05) is 18.4 Å². The average Bonchev–Trinajstić information content (AvgIpc) is 3.33. The Bertz CT molecular complexity index is 1360. The molecule has 3 aromatic rings. The number of carbonyl (C=O) groups is 1. The Labute approximate surface area is 227 Å². The predicted octanol–water partition coefficient (Wildman–Crippen LogP) is 3.99. The molecule has 1 saturated heterocycles. The van der Waals surface area contributed by atoms with Gasteiger partial charge in [-0.15, -0.1) is 11.3 Å². The predicted molar refractivity (Wildman–Crippen MR) is 149 cm³/mol. The monoisotopic (exact) mass is 558 g/mol. The molecule has 1 aromatic carbocycles. The van der Waals surface area contributed by atoms with E-state index in [1.165, 1.54) is 23.5 Å². The molecule has 38 heavy (non-hydrogen) atoms. The van der Waals surface area contributed by atoms with Gasteiger partial charge >= 0.3 is 0 Å². The Balaban J connectivity index is 1.43. The van der Waals surface area contributed by atoms with Crippen molar-refractivity contribution in [2.24, 2.45) is 5.14 Å². The number of thiazole rings is 1. The minimum Gasteiger partial charge on any atom is -0.489 e. The van der Waals surface area contributed by atoms with E-state index in [1.807, 2.05) is 25.3 Å². The van der Waals surface area contributed by atoms with Crippen molar-refractivity contribution in [1.29, 1.82) is 0 Å². The van der Waals surface area contributed by atoms with E-state index in [1.54, 1.807) is 18.3 Å². The van der Waals surface area contributed by atoms with Crippen LogP contribution < -0.4 is 20.5 Å². The summed E-state index contributed by atoms with van der Waals surface area (Å²) in [4.78, 5) is 24.1. The third-order valence-corrected chi connectivity index (χ3v) is 7.94. The van der Waals surface area contributed by atoms with Crippen LogP contribution in [-0.4, -0.2) is 60.5 Å². The summed E-state index contributed by atoms with van der Waals surface area (Å²) < 4.78 is 29.5. The second kappa shape index (κ2) is 11.8. The number of nitrogens with two attached hydrogens (primary N) is 1. The van der Waals surface area contributed by atoms with Crippen LogP contribution in [0, 0.1) is 0 Å². The molecule has 0 spiro atoms. The minimum absolute atomic E-state index is 0.0311. The SMILES string of the molecule is CC(C)Oc1ccc(S(N)(=O)=O)cc1Nc1nc(-c2ccc(C(=O)NC3CCN(C(C)C)CC3)nc2)cs1. The molecule has 4 N–H and O–H groups in total. The van der Waals surface area contributed by atoms with Gasteiger partial charge in [0.2, 0.25) is 10.0 Å². The quantitative estimate of drug-likeness (QED) is 0.358. The number of hydrogen-bond acceptors (Lipinski definition) is 9. The van der Waals surface area contributed by atoms with Crippen molar-refractivity contribution >= 4 is 38.1 Å². The van der Waals surface area contributed by atoms with Crippen molar-refractivity contribution in [1.82, 2.24) is 20.2 Å². The summed E-state index contributed by atoms with van der Waals surface area (Å²) in [6.07, 6.45) is 3.38. The van der Waals surface area contributed by atoms with Gasteiger partial charge in [-0.3, -0.25) is 9.78 Å². The van der Waals surface area contributed by atoms with Crippen LogP contribution in [0.25, 0.3) is 11.3 Å². The summed E-state index contributed by atoms with van der Waals surface area (Å²) in [7, 11) is -3.88. The zero-order valence-corrected chi connectivity index (χ0v) is 23.6. The van der Waals surface area contributed by atoms with E-state index in [4.69, 9.17) is 9.88 Å². The molecule has 1 aliphatic heterocycles. The minimum atomic E-state index is -3.88. The number of likely N-dealkylation sites (tertiary alicyclic amines) is 1. The van der Waals surface area contributed by atoms with Crippen molar-refractivity contribution < 1.29 is 17.9 Å². The number of anilines is 2. The molecule has 1 aliphatic rings. The highest BCUT2D eigenvalue weighted by molar-refractivity contribution is 7.89. The molecule has 10 nitrogen and oxygen atoms in total. The van der Waals surface area contributed by atoms with E-state index < -0.39 is 10.0 Å². The van der Waals surface area contributed by atoms with Gasteiger partial charge in [-0.05, 0) is 70.9 Å². The summed E-state index contributed by atoms with van der Waals surface area (Å²) >= 11 is 1.35. The van der Waals surface area contributed by atoms with E-state index in [9.17, 15) is 13.2 Å². The lowest BCUT2D eigenvalue weighted by Crippen LogP contribution is -2.46. The zero-order valence-electron chi connectivity index (χ0n) is 22.0. The molecule has 0 aliphatic carbocycles. The maximum absolute atomic E-state index is 12.7. The molecule has 2 aromatic heterocycles. The normalized spacial score (nSPS) is 15.1. The molecule has 1 amide bonds. The molecule has 0 radical (unpaired) electrons. The van der Waals surface area contributed by atoms with Gasteiger partial charge < -0.3 is 20.3 Å². The van der Waals surface area contributed by atoms with Crippen LogP contribution in [0.15, 0.2) is 46.8 Å². The van der Waals surface area contributed by atoms with E-state index in [0.29, 0.717) is 34.0 Å². The van der Waals surface area contributed by atoms with E-state index >= 15 is 0 Å². The first-order valence-electron chi connectivity index (χ1n) is 12.6. The molecule has 0 bridgehead atoms. The van der Waals surface area contributed by atoms with Gasteiger partial charge in [0.25, 0.3) is 5.91 Å². The molecule has 204 valence electrons. The van der Waals surface area contributed by atoms with Crippen LogP contribution in [-0.2, 0) is 10.0 Å². The first-order chi connectivity index (χ1) is 18.0. The molecule has 3 heterocycles. The zero-order chi connectivity index (χ0) is 27.4. The van der Waals surface area contributed by atoms with E-state index in [2.05, 4.69) is 39.3 Å². The molecule has 0 atom stereocenters. The van der Waals surface area contributed by atoms with Crippen molar-refractivity contribution in [3.8, 4) is 17.0 Å². The molecule has 12 heteroatoms. The molecule has 0 unspecified atom stereocenters. The number of pyridine rings is 1. The number of nitrogens with one attached hydrogen (secondary N) is 2. The second-order valence-corrected chi connectivity index (χ2v) is 12.3. The van der Waals surface area contributed by atoms with Crippen LogP contribution >= 0.6 is 11.3 Å². The fourth-order valence-corrected chi connectivity index (χ4v) is 5.49. The Hall–Kier alpha value is -3.06. The van der Waals surface area contributed by atoms with Gasteiger partial charge in [0.1, 0.15) is 11.4 Å². The summed E-state index contributed by atoms with van der Waals surface area (Å²) in [5, 5.41) is 13.9. The second-order valence-electron chi connectivity index (χ2n) is 9.84. The summed E-state index contributed by atoms with van der Waals surface area (Å²) in [6, 6.07) is 8.59. The van der Waals surface area contributed by atoms with Crippen LogP contribution in [0.2, 0.25) is 0 Å². The molecule has 4 rings (SSSR count). The van der Waals surface area contributed by atoms with E-state index in [-0.39, 0.29) is 22.9 Å². The number of hydrogen-bond donors (Lipinski definition) is 3.